The lowest BCUT2D eigenvalue weighted by Crippen LogP contribution is -2.37. The number of para-hydroxylation sites is 1. The summed E-state index contributed by atoms with van der Waals surface area (Å²) in [6.07, 6.45) is 0.883. The maximum Gasteiger partial charge on any atom is 0.236 e. The molecular weight excluding hydrogens is 432 g/mol. The van der Waals surface area contributed by atoms with Crippen LogP contribution in [0.25, 0.3) is 0 Å². The van der Waals surface area contributed by atoms with Gasteiger partial charge in [0.2, 0.25) is 15.9 Å². The summed E-state index contributed by atoms with van der Waals surface area (Å²) in [4.78, 5) is 11.9. The summed E-state index contributed by atoms with van der Waals surface area (Å²) in [5.41, 5.74) is 1.78. The summed E-state index contributed by atoms with van der Waals surface area (Å²) in [6.45, 7) is 0.765. The van der Waals surface area contributed by atoms with Crippen molar-refractivity contribution in [2.45, 2.75) is 12.8 Å². The first kappa shape index (κ1) is 19.7. The standard InChI is InChI=1S/C19H21BrN2O4S/c20-16-5-3-6-17(14-16)26-12-9-19(23)21-10-13-27(24,25)22-11-8-15-4-1-2-7-18(15)22/h1-7,14H,8-13H2,(H,21,23). The van der Waals surface area contributed by atoms with E-state index in [-0.39, 0.29) is 31.2 Å². The number of anilines is 1. The van der Waals surface area contributed by atoms with Crippen LogP contribution in [-0.4, -0.2) is 39.8 Å². The Morgan fingerprint density at radius 3 is 2.81 bits per heavy atom. The topological polar surface area (TPSA) is 75.7 Å². The lowest BCUT2D eigenvalue weighted by atomic mass is 10.2. The van der Waals surface area contributed by atoms with Crippen LogP contribution < -0.4 is 14.4 Å². The molecule has 0 aliphatic carbocycles. The van der Waals surface area contributed by atoms with E-state index in [0.29, 0.717) is 18.7 Å². The second-order valence-electron chi connectivity index (χ2n) is 6.17. The molecule has 0 saturated heterocycles. The minimum Gasteiger partial charge on any atom is -0.493 e. The maximum atomic E-state index is 12.6. The summed E-state index contributed by atoms with van der Waals surface area (Å²) in [5, 5.41) is 2.65. The van der Waals surface area contributed by atoms with Crippen molar-refractivity contribution in [2.75, 3.05) is 29.8 Å². The SMILES string of the molecule is O=C(CCOc1cccc(Br)c1)NCCS(=O)(=O)N1CCc2ccccc21. The van der Waals surface area contributed by atoms with Gasteiger partial charge >= 0.3 is 0 Å². The quantitative estimate of drug-likeness (QED) is 0.667. The van der Waals surface area contributed by atoms with Crippen LogP contribution in [0.15, 0.2) is 53.0 Å². The number of hydrogen-bond acceptors (Lipinski definition) is 4. The Morgan fingerprint density at radius 2 is 2.00 bits per heavy atom. The Kier molecular flexibility index (Phi) is 6.38. The molecule has 0 saturated carbocycles. The zero-order valence-electron chi connectivity index (χ0n) is 14.7. The highest BCUT2D eigenvalue weighted by Gasteiger charge is 2.28. The maximum absolute atomic E-state index is 12.6. The fraction of sp³-hybridized carbons (Fsp3) is 0.316. The lowest BCUT2D eigenvalue weighted by Gasteiger charge is -2.19. The molecule has 0 radical (unpaired) electrons. The first-order valence-corrected chi connectivity index (χ1v) is 11.1. The molecule has 27 heavy (non-hydrogen) atoms. The van der Waals surface area contributed by atoms with E-state index in [1.807, 2.05) is 48.5 Å². The van der Waals surface area contributed by atoms with Crippen molar-refractivity contribution in [1.82, 2.24) is 5.32 Å². The first-order valence-electron chi connectivity index (χ1n) is 8.69. The molecule has 1 aliphatic heterocycles. The molecule has 0 fully saturated rings. The fourth-order valence-corrected chi connectivity index (χ4v) is 4.74. The molecule has 1 aliphatic rings. The van der Waals surface area contributed by atoms with Crippen molar-refractivity contribution < 1.29 is 17.9 Å². The molecule has 0 aromatic heterocycles. The predicted molar refractivity (Wildman–Crippen MR) is 109 cm³/mol. The molecule has 2 aromatic carbocycles. The van der Waals surface area contributed by atoms with Gasteiger partial charge < -0.3 is 10.1 Å². The molecule has 0 unspecified atom stereocenters. The smallest absolute Gasteiger partial charge is 0.236 e. The second-order valence-corrected chi connectivity index (χ2v) is 9.10. The van der Waals surface area contributed by atoms with Crippen molar-refractivity contribution in [1.29, 1.82) is 0 Å². The van der Waals surface area contributed by atoms with Crippen molar-refractivity contribution in [3.05, 3.63) is 58.6 Å². The van der Waals surface area contributed by atoms with Gasteiger partial charge in [0.15, 0.2) is 0 Å². The number of nitrogens with one attached hydrogen (secondary N) is 1. The van der Waals surface area contributed by atoms with Gasteiger partial charge in [0.05, 0.1) is 24.5 Å². The number of carbonyl (C=O) groups is 1. The summed E-state index contributed by atoms with van der Waals surface area (Å²) in [5.74, 6) is 0.314. The Morgan fingerprint density at radius 1 is 1.19 bits per heavy atom. The van der Waals surface area contributed by atoms with Gasteiger partial charge in [-0.15, -0.1) is 0 Å². The number of halogens is 1. The lowest BCUT2D eigenvalue weighted by molar-refractivity contribution is -0.121. The first-order chi connectivity index (χ1) is 13.0. The van der Waals surface area contributed by atoms with Gasteiger partial charge in [-0.1, -0.05) is 40.2 Å². The molecule has 6 nitrogen and oxygen atoms in total. The van der Waals surface area contributed by atoms with Crippen LogP contribution in [0.1, 0.15) is 12.0 Å². The van der Waals surface area contributed by atoms with Crippen LogP contribution in [-0.2, 0) is 21.2 Å². The van der Waals surface area contributed by atoms with Crippen LogP contribution in [0.2, 0.25) is 0 Å². The van der Waals surface area contributed by atoms with Gasteiger partial charge in [-0.3, -0.25) is 9.10 Å². The van der Waals surface area contributed by atoms with Crippen molar-refractivity contribution in [3.63, 3.8) is 0 Å². The van der Waals surface area contributed by atoms with E-state index < -0.39 is 10.0 Å². The van der Waals surface area contributed by atoms with E-state index in [9.17, 15) is 13.2 Å². The molecule has 1 heterocycles. The highest BCUT2D eigenvalue weighted by Crippen LogP contribution is 2.29. The number of fused-ring (bicyclic) bond motifs is 1. The van der Waals surface area contributed by atoms with Gasteiger partial charge in [0, 0.05) is 17.6 Å². The van der Waals surface area contributed by atoms with Crippen LogP contribution in [0.4, 0.5) is 5.69 Å². The second kappa shape index (κ2) is 8.75. The van der Waals surface area contributed by atoms with Gasteiger partial charge in [0.1, 0.15) is 5.75 Å². The van der Waals surface area contributed by atoms with E-state index in [1.165, 1.54) is 4.31 Å². The third-order valence-electron chi connectivity index (χ3n) is 4.26. The largest absolute Gasteiger partial charge is 0.493 e. The minimum atomic E-state index is -3.46. The number of hydrogen-bond donors (Lipinski definition) is 1. The Bertz CT molecular complexity index is 917. The fourth-order valence-electron chi connectivity index (χ4n) is 2.93. The minimum absolute atomic E-state index is 0.0801. The van der Waals surface area contributed by atoms with E-state index in [4.69, 9.17) is 4.74 Å². The Hall–Kier alpha value is -2.06. The molecule has 0 bridgehead atoms. The Labute approximate surface area is 167 Å². The Balaban J connectivity index is 1.42. The third-order valence-corrected chi connectivity index (χ3v) is 6.52. The number of ether oxygens (including phenoxy) is 1. The average molecular weight is 453 g/mol. The number of sulfonamides is 1. The monoisotopic (exact) mass is 452 g/mol. The molecule has 144 valence electrons. The predicted octanol–water partition coefficient (Wildman–Crippen LogP) is 2.73. The van der Waals surface area contributed by atoms with Crippen LogP contribution >= 0.6 is 15.9 Å². The summed E-state index contributed by atoms with van der Waals surface area (Å²) < 4.78 is 33.0. The summed E-state index contributed by atoms with van der Waals surface area (Å²) in [7, 11) is -3.46. The molecule has 1 N–H and O–H groups in total. The zero-order valence-corrected chi connectivity index (χ0v) is 17.1. The summed E-state index contributed by atoms with van der Waals surface area (Å²) >= 11 is 3.35. The molecular formula is C19H21BrN2O4S. The van der Waals surface area contributed by atoms with Gasteiger partial charge in [-0.25, -0.2) is 8.42 Å². The highest BCUT2D eigenvalue weighted by atomic mass is 79.9. The van der Waals surface area contributed by atoms with Crippen molar-refractivity contribution >= 4 is 37.5 Å². The molecule has 0 spiro atoms. The van der Waals surface area contributed by atoms with E-state index in [2.05, 4.69) is 21.2 Å². The number of benzene rings is 2. The summed E-state index contributed by atoms with van der Waals surface area (Å²) in [6, 6.07) is 14.9. The number of nitrogens with zero attached hydrogens (tertiary/aromatic N) is 1. The van der Waals surface area contributed by atoms with Crippen LogP contribution in [0.3, 0.4) is 0 Å². The molecule has 2 aromatic rings. The molecule has 0 atom stereocenters. The van der Waals surface area contributed by atoms with Gasteiger partial charge in [-0.05, 0) is 36.2 Å². The molecule has 3 rings (SSSR count). The van der Waals surface area contributed by atoms with E-state index in [1.54, 1.807) is 0 Å². The normalized spacial score (nSPS) is 13.3. The average Bonchev–Trinajstić information content (AvgIpc) is 3.07. The van der Waals surface area contributed by atoms with E-state index >= 15 is 0 Å². The highest BCUT2D eigenvalue weighted by molar-refractivity contribution is 9.10. The van der Waals surface area contributed by atoms with Gasteiger partial charge in [0.25, 0.3) is 0 Å². The number of amides is 1. The third kappa shape index (κ3) is 5.23. The number of rotatable bonds is 8. The van der Waals surface area contributed by atoms with Crippen LogP contribution in [0, 0.1) is 0 Å². The van der Waals surface area contributed by atoms with E-state index in [0.717, 1.165) is 15.7 Å². The zero-order chi connectivity index (χ0) is 19.3. The molecule has 1 amide bonds. The number of carbonyl (C=O) groups excluding carboxylic acids is 1. The van der Waals surface area contributed by atoms with Gasteiger partial charge in [-0.2, -0.15) is 0 Å². The van der Waals surface area contributed by atoms with Crippen molar-refractivity contribution in [2.24, 2.45) is 0 Å². The van der Waals surface area contributed by atoms with Crippen molar-refractivity contribution in [3.8, 4) is 5.75 Å². The molecule has 8 heteroatoms. The van der Waals surface area contributed by atoms with Crippen LogP contribution in [0.5, 0.6) is 5.75 Å².